The molecule has 0 heterocycles. The monoisotopic (exact) mass is 360 g/mol. The van der Waals surface area contributed by atoms with Gasteiger partial charge in [-0.2, -0.15) is 0 Å². The van der Waals surface area contributed by atoms with E-state index in [9.17, 15) is 0 Å². The van der Waals surface area contributed by atoms with Crippen molar-refractivity contribution in [2.45, 2.75) is 85.5 Å². The Kier molecular flexibility index (Phi) is 4.91. The third-order valence-corrected chi connectivity index (χ3v) is 5.80. The zero-order chi connectivity index (χ0) is 20.1. The second-order valence-electron chi connectivity index (χ2n) is 10.7. The van der Waals surface area contributed by atoms with Gasteiger partial charge in [0.05, 0.1) is 0 Å². The van der Waals surface area contributed by atoms with Crippen molar-refractivity contribution in [1.82, 2.24) is 0 Å². The van der Waals surface area contributed by atoms with Crippen LogP contribution in [0.4, 0.5) is 0 Å². The minimum absolute atomic E-state index is 0.137. The molecule has 0 spiro atoms. The van der Waals surface area contributed by atoms with E-state index in [1.165, 1.54) is 44.5 Å². The average molecular weight is 361 g/mol. The third kappa shape index (κ3) is 3.91. The zero-order valence-electron chi connectivity index (χ0n) is 18.7. The van der Waals surface area contributed by atoms with Gasteiger partial charge in [0.25, 0.3) is 0 Å². The van der Waals surface area contributed by atoms with Crippen molar-refractivity contribution in [2.24, 2.45) is 0 Å². The summed E-state index contributed by atoms with van der Waals surface area (Å²) in [6.45, 7) is 20.8. The van der Waals surface area contributed by atoms with E-state index in [1.54, 1.807) is 0 Å². The first-order chi connectivity index (χ1) is 12.4. The smallest absolute Gasteiger partial charge is 0.00604 e. The molecule has 0 amide bonds. The Morgan fingerprint density at radius 2 is 1.37 bits per heavy atom. The highest BCUT2D eigenvalue weighted by Gasteiger charge is 2.24. The molecule has 0 unspecified atom stereocenters. The van der Waals surface area contributed by atoms with Crippen LogP contribution in [0.3, 0.4) is 0 Å². The number of fused-ring (bicyclic) bond motifs is 1. The van der Waals surface area contributed by atoms with Crippen LogP contribution in [0, 0.1) is 0 Å². The molecule has 0 saturated heterocycles. The molecule has 0 saturated carbocycles. The standard InChI is InChI=1S/C27H36/c1-17(2)23-11-10-19-12-18(3)13-24(19)25(23)20-14-21(26(4,5)6)16-22(15-20)27(7,8)9/h10-11,13-17H,12H2,1-9H3. The van der Waals surface area contributed by atoms with Gasteiger partial charge in [0.15, 0.2) is 0 Å². The molecule has 2 aromatic carbocycles. The summed E-state index contributed by atoms with van der Waals surface area (Å²) in [7, 11) is 0. The summed E-state index contributed by atoms with van der Waals surface area (Å²) in [5.41, 5.74) is 11.8. The van der Waals surface area contributed by atoms with Gasteiger partial charge in [-0.1, -0.05) is 97.4 Å². The van der Waals surface area contributed by atoms with Gasteiger partial charge < -0.3 is 0 Å². The summed E-state index contributed by atoms with van der Waals surface area (Å²) in [6.07, 6.45) is 3.50. The third-order valence-electron chi connectivity index (χ3n) is 5.80. The molecule has 0 fully saturated rings. The summed E-state index contributed by atoms with van der Waals surface area (Å²) in [5, 5.41) is 0. The van der Waals surface area contributed by atoms with Gasteiger partial charge in [-0.15, -0.1) is 0 Å². The van der Waals surface area contributed by atoms with Gasteiger partial charge in [0, 0.05) is 0 Å². The summed E-state index contributed by atoms with van der Waals surface area (Å²) < 4.78 is 0. The van der Waals surface area contributed by atoms with E-state index in [2.05, 4.69) is 98.7 Å². The van der Waals surface area contributed by atoms with E-state index in [4.69, 9.17) is 0 Å². The highest BCUT2D eigenvalue weighted by molar-refractivity contribution is 5.84. The van der Waals surface area contributed by atoms with E-state index in [0.717, 1.165) is 6.42 Å². The quantitative estimate of drug-likeness (QED) is 0.508. The largest absolute Gasteiger partial charge is 0.0683 e. The Labute approximate surface area is 166 Å². The summed E-state index contributed by atoms with van der Waals surface area (Å²) in [4.78, 5) is 0. The molecule has 0 N–H and O–H groups in total. The zero-order valence-corrected chi connectivity index (χ0v) is 18.7. The Balaban J connectivity index is 2.36. The van der Waals surface area contributed by atoms with Gasteiger partial charge in [-0.3, -0.25) is 0 Å². The Hall–Kier alpha value is -1.82. The average Bonchev–Trinajstić information content (AvgIpc) is 2.91. The highest BCUT2D eigenvalue weighted by Crippen LogP contribution is 2.42. The second kappa shape index (κ2) is 6.66. The van der Waals surface area contributed by atoms with Crippen molar-refractivity contribution in [3.05, 3.63) is 63.7 Å². The van der Waals surface area contributed by atoms with Crippen LogP contribution in [0.2, 0.25) is 0 Å². The van der Waals surface area contributed by atoms with Crippen molar-refractivity contribution < 1.29 is 0 Å². The lowest BCUT2D eigenvalue weighted by Crippen LogP contribution is -2.16. The SMILES string of the molecule is CC1=Cc2c(ccc(C(C)C)c2-c2cc(C(C)(C)C)cc(C(C)(C)C)c2)C1. The first-order valence-corrected chi connectivity index (χ1v) is 10.4. The van der Waals surface area contributed by atoms with Crippen LogP contribution < -0.4 is 0 Å². The van der Waals surface area contributed by atoms with Gasteiger partial charge in [0.2, 0.25) is 0 Å². The predicted molar refractivity (Wildman–Crippen MR) is 121 cm³/mol. The maximum Gasteiger partial charge on any atom is -0.00604 e. The van der Waals surface area contributed by atoms with E-state index in [0.29, 0.717) is 5.92 Å². The minimum Gasteiger partial charge on any atom is -0.0683 e. The Bertz CT molecular complexity index is 861. The molecule has 1 aliphatic carbocycles. The lowest BCUT2D eigenvalue weighted by Gasteiger charge is -2.27. The molecule has 3 rings (SSSR count). The van der Waals surface area contributed by atoms with E-state index < -0.39 is 0 Å². The fourth-order valence-electron chi connectivity index (χ4n) is 4.04. The number of hydrogen-bond donors (Lipinski definition) is 0. The number of allylic oxidation sites excluding steroid dienone is 1. The molecule has 27 heavy (non-hydrogen) atoms. The first-order valence-electron chi connectivity index (χ1n) is 10.4. The molecule has 0 aliphatic heterocycles. The molecule has 2 aromatic rings. The Morgan fingerprint density at radius 1 is 0.815 bits per heavy atom. The van der Waals surface area contributed by atoms with Gasteiger partial charge >= 0.3 is 0 Å². The fraction of sp³-hybridized carbons (Fsp3) is 0.481. The normalized spacial score (nSPS) is 14.5. The number of hydrogen-bond acceptors (Lipinski definition) is 0. The molecule has 0 bridgehead atoms. The molecular formula is C27H36. The maximum atomic E-state index is 2.44. The van der Waals surface area contributed by atoms with Crippen molar-refractivity contribution in [3.8, 4) is 11.1 Å². The first kappa shape index (κ1) is 19.9. The lowest BCUT2D eigenvalue weighted by molar-refractivity contribution is 0.569. The van der Waals surface area contributed by atoms with Crippen molar-refractivity contribution in [1.29, 1.82) is 0 Å². The van der Waals surface area contributed by atoms with E-state index in [-0.39, 0.29) is 10.8 Å². The van der Waals surface area contributed by atoms with Crippen LogP contribution in [-0.2, 0) is 17.3 Å². The van der Waals surface area contributed by atoms with Crippen LogP contribution in [0.5, 0.6) is 0 Å². The fourth-order valence-corrected chi connectivity index (χ4v) is 4.04. The summed E-state index contributed by atoms with van der Waals surface area (Å²) >= 11 is 0. The molecule has 0 heteroatoms. The number of rotatable bonds is 2. The van der Waals surface area contributed by atoms with Gasteiger partial charge in [0.1, 0.15) is 0 Å². The van der Waals surface area contributed by atoms with Crippen LogP contribution in [0.15, 0.2) is 35.9 Å². The van der Waals surface area contributed by atoms with E-state index >= 15 is 0 Å². The van der Waals surface area contributed by atoms with Crippen molar-refractivity contribution in [3.63, 3.8) is 0 Å². The molecule has 0 radical (unpaired) electrons. The van der Waals surface area contributed by atoms with Crippen LogP contribution in [0.25, 0.3) is 17.2 Å². The Morgan fingerprint density at radius 3 is 1.85 bits per heavy atom. The lowest BCUT2D eigenvalue weighted by atomic mass is 9.77. The molecule has 1 aliphatic rings. The van der Waals surface area contributed by atoms with Crippen LogP contribution >= 0.6 is 0 Å². The number of benzene rings is 2. The minimum atomic E-state index is 0.137. The van der Waals surface area contributed by atoms with Gasteiger partial charge in [-0.05, 0) is 69.0 Å². The highest BCUT2D eigenvalue weighted by atomic mass is 14.3. The second-order valence-corrected chi connectivity index (χ2v) is 10.7. The van der Waals surface area contributed by atoms with Crippen molar-refractivity contribution >= 4 is 6.08 Å². The van der Waals surface area contributed by atoms with Gasteiger partial charge in [-0.25, -0.2) is 0 Å². The molecule has 0 nitrogen and oxygen atoms in total. The molecule has 144 valence electrons. The van der Waals surface area contributed by atoms with Crippen LogP contribution in [-0.4, -0.2) is 0 Å². The molecule has 0 atom stereocenters. The molecular weight excluding hydrogens is 324 g/mol. The summed E-state index contributed by atoms with van der Waals surface area (Å²) in [6, 6.07) is 12.0. The van der Waals surface area contributed by atoms with Crippen molar-refractivity contribution in [2.75, 3.05) is 0 Å². The topological polar surface area (TPSA) is 0 Å². The predicted octanol–water partition coefficient (Wildman–Crippen LogP) is 8.03. The maximum absolute atomic E-state index is 2.44. The van der Waals surface area contributed by atoms with E-state index in [1.807, 2.05) is 0 Å². The van der Waals surface area contributed by atoms with Crippen LogP contribution in [0.1, 0.15) is 96.0 Å². The molecule has 0 aromatic heterocycles. The summed E-state index contributed by atoms with van der Waals surface area (Å²) in [5.74, 6) is 0.510.